The topological polar surface area (TPSA) is 84.9 Å². The maximum atomic E-state index is 12.6. The molecule has 0 heterocycles. The number of rotatable bonds is 10. The van der Waals surface area contributed by atoms with Crippen LogP contribution in [-0.2, 0) is 17.0 Å². The Morgan fingerprint density at radius 2 is 1.75 bits per heavy atom. The zero-order chi connectivity index (χ0) is 23.9. The van der Waals surface area contributed by atoms with E-state index in [9.17, 15) is 9.59 Å². The van der Waals surface area contributed by atoms with Crippen molar-refractivity contribution in [3.63, 3.8) is 0 Å². The predicted octanol–water partition coefficient (Wildman–Crippen LogP) is 5.53. The largest absolute Gasteiger partial charge is 0.493 e. The number of carbonyl (C=O) groups excluding carboxylic acids is 1. The first kappa shape index (κ1) is 25.6. The number of carboxylic acids is 1. The first-order valence-corrected chi connectivity index (χ1v) is 11.6. The molecule has 174 valence electrons. The SMILES string of the molecule is COc1ccc(CC(=O)O)cc1Oc1ccc(C(=O)NCC(C)C)cc1CSC(C)(C)C. The van der Waals surface area contributed by atoms with E-state index in [-0.39, 0.29) is 17.1 Å². The fraction of sp³-hybridized carbons (Fsp3) is 0.440. The molecule has 0 spiro atoms. The minimum atomic E-state index is -0.917. The number of hydrogen-bond donors (Lipinski definition) is 2. The second-order valence-electron chi connectivity index (χ2n) is 8.99. The summed E-state index contributed by atoms with van der Waals surface area (Å²) in [5, 5.41) is 12.1. The van der Waals surface area contributed by atoms with Crippen LogP contribution in [0.2, 0.25) is 0 Å². The number of carbonyl (C=O) groups is 2. The van der Waals surface area contributed by atoms with Crippen molar-refractivity contribution in [2.24, 2.45) is 5.92 Å². The van der Waals surface area contributed by atoms with Crippen molar-refractivity contribution < 1.29 is 24.2 Å². The summed E-state index contributed by atoms with van der Waals surface area (Å²) in [6, 6.07) is 10.5. The Bertz CT molecular complexity index is 950. The van der Waals surface area contributed by atoms with Gasteiger partial charge in [0.1, 0.15) is 5.75 Å². The van der Waals surface area contributed by atoms with Crippen LogP contribution in [0.25, 0.3) is 0 Å². The van der Waals surface area contributed by atoms with Crippen molar-refractivity contribution in [3.05, 3.63) is 53.1 Å². The summed E-state index contributed by atoms with van der Waals surface area (Å²) in [7, 11) is 1.54. The van der Waals surface area contributed by atoms with Gasteiger partial charge in [0.15, 0.2) is 11.5 Å². The van der Waals surface area contributed by atoms with Gasteiger partial charge in [-0.25, -0.2) is 0 Å². The van der Waals surface area contributed by atoms with Crippen LogP contribution in [0, 0.1) is 5.92 Å². The Morgan fingerprint density at radius 3 is 2.34 bits per heavy atom. The lowest BCUT2D eigenvalue weighted by Gasteiger charge is -2.20. The lowest BCUT2D eigenvalue weighted by molar-refractivity contribution is -0.136. The lowest BCUT2D eigenvalue weighted by Crippen LogP contribution is -2.27. The molecule has 2 rings (SSSR count). The molecule has 0 bridgehead atoms. The molecule has 0 aliphatic rings. The summed E-state index contributed by atoms with van der Waals surface area (Å²) in [5.41, 5.74) is 2.07. The molecule has 6 nitrogen and oxygen atoms in total. The first-order chi connectivity index (χ1) is 15.0. The smallest absolute Gasteiger partial charge is 0.307 e. The summed E-state index contributed by atoms with van der Waals surface area (Å²) < 4.78 is 11.6. The summed E-state index contributed by atoms with van der Waals surface area (Å²) in [6.07, 6.45) is -0.109. The monoisotopic (exact) mass is 459 g/mol. The highest BCUT2D eigenvalue weighted by Gasteiger charge is 2.17. The van der Waals surface area contributed by atoms with E-state index in [2.05, 4.69) is 39.9 Å². The number of methoxy groups -OCH3 is 1. The van der Waals surface area contributed by atoms with Crippen molar-refractivity contribution in [2.75, 3.05) is 13.7 Å². The van der Waals surface area contributed by atoms with E-state index in [0.717, 1.165) is 5.56 Å². The number of benzene rings is 2. The fourth-order valence-corrected chi connectivity index (χ4v) is 3.64. The van der Waals surface area contributed by atoms with Gasteiger partial charge in [-0.2, -0.15) is 11.8 Å². The minimum absolute atomic E-state index is 0.0340. The van der Waals surface area contributed by atoms with Crippen LogP contribution in [0.15, 0.2) is 36.4 Å². The normalized spacial score (nSPS) is 11.3. The van der Waals surface area contributed by atoms with E-state index in [1.165, 1.54) is 7.11 Å². The highest BCUT2D eigenvalue weighted by atomic mass is 32.2. The molecule has 0 aromatic heterocycles. The molecule has 0 saturated carbocycles. The van der Waals surface area contributed by atoms with E-state index < -0.39 is 5.97 Å². The maximum absolute atomic E-state index is 12.6. The molecule has 2 aromatic carbocycles. The van der Waals surface area contributed by atoms with Gasteiger partial charge in [-0.1, -0.05) is 40.7 Å². The highest BCUT2D eigenvalue weighted by molar-refractivity contribution is 7.99. The fourth-order valence-electron chi connectivity index (χ4n) is 2.83. The average molecular weight is 460 g/mol. The van der Waals surface area contributed by atoms with Gasteiger partial charge in [-0.3, -0.25) is 9.59 Å². The van der Waals surface area contributed by atoms with E-state index >= 15 is 0 Å². The maximum Gasteiger partial charge on any atom is 0.307 e. The van der Waals surface area contributed by atoms with Crippen LogP contribution in [0.5, 0.6) is 17.2 Å². The molecular weight excluding hydrogens is 426 g/mol. The van der Waals surface area contributed by atoms with E-state index in [1.54, 1.807) is 42.1 Å². The Hall–Kier alpha value is -2.67. The summed E-state index contributed by atoms with van der Waals surface area (Å²) in [4.78, 5) is 23.7. The number of thioether (sulfide) groups is 1. The van der Waals surface area contributed by atoms with Gasteiger partial charge >= 0.3 is 5.97 Å². The number of aliphatic carboxylic acids is 1. The Morgan fingerprint density at radius 1 is 1.06 bits per heavy atom. The third-order valence-corrected chi connectivity index (χ3v) is 5.78. The third kappa shape index (κ3) is 8.11. The summed E-state index contributed by atoms with van der Waals surface area (Å²) in [6.45, 7) is 11.1. The van der Waals surface area contributed by atoms with E-state index in [0.29, 0.717) is 46.6 Å². The van der Waals surface area contributed by atoms with Gasteiger partial charge in [0, 0.05) is 28.2 Å². The molecular formula is C25H33NO5S. The second kappa shape index (κ2) is 11.3. The molecule has 1 amide bonds. The molecule has 7 heteroatoms. The lowest BCUT2D eigenvalue weighted by atomic mass is 10.1. The molecule has 32 heavy (non-hydrogen) atoms. The average Bonchev–Trinajstić information content (AvgIpc) is 2.70. The minimum Gasteiger partial charge on any atom is -0.493 e. The zero-order valence-electron chi connectivity index (χ0n) is 19.7. The molecule has 0 radical (unpaired) electrons. The zero-order valence-corrected chi connectivity index (χ0v) is 20.5. The predicted molar refractivity (Wildman–Crippen MR) is 129 cm³/mol. The van der Waals surface area contributed by atoms with Crippen molar-refractivity contribution in [3.8, 4) is 17.2 Å². The van der Waals surface area contributed by atoms with Crippen molar-refractivity contribution in [1.29, 1.82) is 0 Å². The number of amides is 1. The van der Waals surface area contributed by atoms with Crippen LogP contribution >= 0.6 is 11.8 Å². The summed E-state index contributed by atoms with van der Waals surface area (Å²) >= 11 is 1.75. The van der Waals surface area contributed by atoms with Gasteiger partial charge in [0.05, 0.1) is 13.5 Å². The van der Waals surface area contributed by atoms with Crippen LogP contribution in [0.4, 0.5) is 0 Å². The molecule has 0 fully saturated rings. The molecule has 0 aliphatic carbocycles. The van der Waals surface area contributed by atoms with Crippen molar-refractivity contribution >= 4 is 23.6 Å². The first-order valence-electron chi connectivity index (χ1n) is 10.6. The standard InChI is InChI=1S/C25H33NO5S/c1-16(2)14-26-24(29)18-8-10-20(19(13-18)15-32-25(3,4)5)31-22-11-17(12-23(27)28)7-9-21(22)30-6/h7-11,13,16H,12,14-15H2,1-6H3,(H,26,29)(H,27,28). The van der Waals surface area contributed by atoms with Crippen molar-refractivity contribution in [1.82, 2.24) is 5.32 Å². The molecule has 0 unspecified atom stereocenters. The van der Waals surface area contributed by atoms with Gasteiger partial charge in [-0.15, -0.1) is 0 Å². The van der Waals surface area contributed by atoms with Gasteiger partial charge < -0.3 is 19.9 Å². The third-order valence-electron chi connectivity index (χ3n) is 4.46. The molecule has 0 atom stereocenters. The Kier molecular flexibility index (Phi) is 9.01. The molecule has 0 saturated heterocycles. The quantitative estimate of drug-likeness (QED) is 0.486. The number of ether oxygens (including phenoxy) is 2. The number of carboxylic acid groups (broad SMARTS) is 1. The Balaban J connectivity index is 2.38. The van der Waals surface area contributed by atoms with Gasteiger partial charge in [-0.05, 0) is 41.8 Å². The van der Waals surface area contributed by atoms with E-state index in [4.69, 9.17) is 14.6 Å². The van der Waals surface area contributed by atoms with Crippen LogP contribution in [-0.4, -0.2) is 35.4 Å². The molecule has 2 N–H and O–H groups in total. The molecule has 0 aliphatic heterocycles. The van der Waals surface area contributed by atoms with Crippen LogP contribution in [0.3, 0.4) is 0 Å². The Labute approximate surface area is 194 Å². The van der Waals surface area contributed by atoms with Gasteiger partial charge in [0.2, 0.25) is 0 Å². The van der Waals surface area contributed by atoms with Crippen molar-refractivity contribution in [2.45, 2.75) is 51.5 Å². The molecule has 2 aromatic rings. The van der Waals surface area contributed by atoms with E-state index in [1.807, 2.05) is 6.07 Å². The number of nitrogens with one attached hydrogen (secondary N) is 1. The van der Waals surface area contributed by atoms with Gasteiger partial charge in [0.25, 0.3) is 5.91 Å². The van der Waals surface area contributed by atoms with Crippen LogP contribution < -0.4 is 14.8 Å². The summed E-state index contributed by atoms with van der Waals surface area (Å²) in [5.74, 6) is 1.53. The highest BCUT2D eigenvalue weighted by Crippen LogP contribution is 2.37. The number of hydrogen-bond acceptors (Lipinski definition) is 5. The van der Waals surface area contributed by atoms with Crippen LogP contribution in [0.1, 0.15) is 56.1 Å². The second-order valence-corrected chi connectivity index (χ2v) is 10.8.